The summed E-state index contributed by atoms with van der Waals surface area (Å²) in [5.74, 6) is -2.07. The molecule has 0 saturated carbocycles. The van der Waals surface area contributed by atoms with E-state index in [1.807, 2.05) is 0 Å². The van der Waals surface area contributed by atoms with Crippen LogP contribution in [0, 0.1) is 0 Å². The molecular formula is C6H7FO3. The lowest BCUT2D eigenvalue weighted by molar-refractivity contribution is -0.157. The molecule has 0 atom stereocenters. The molecular weight excluding hydrogens is 139 g/mol. The van der Waals surface area contributed by atoms with Crippen LogP contribution >= 0.6 is 0 Å². The number of carbonyl (C=O) groups excluding carboxylic acids is 2. The quantitative estimate of drug-likeness (QED) is 0.325. The predicted octanol–water partition coefficient (Wildman–Crippen LogP) is 0.602. The summed E-state index contributed by atoms with van der Waals surface area (Å²) in [6, 6.07) is 0. The minimum atomic E-state index is -1.29. The van der Waals surface area contributed by atoms with E-state index in [2.05, 4.69) is 11.3 Å². The van der Waals surface area contributed by atoms with Crippen molar-refractivity contribution in [2.45, 2.75) is 6.92 Å². The second-order valence-corrected chi connectivity index (χ2v) is 1.68. The van der Waals surface area contributed by atoms with Gasteiger partial charge in [-0.15, -0.1) is 0 Å². The Balaban J connectivity index is 3.80. The molecule has 0 N–H and O–H groups in total. The molecule has 0 heterocycles. The van der Waals surface area contributed by atoms with Crippen molar-refractivity contribution in [2.75, 3.05) is 6.67 Å². The molecule has 10 heavy (non-hydrogen) atoms. The number of alkyl halides is 1. The Hall–Kier alpha value is -1.19. The Labute approximate surface area is 57.5 Å². The summed E-state index contributed by atoms with van der Waals surface area (Å²) < 4.78 is 15.3. The summed E-state index contributed by atoms with van der Waals surface area (Å²) >= 11 is 0. The summed E-state index contributed by atoms with van der Waals surface area (Å²) in [5.41, 5.74) is 0.0711. The van der Waals surface area contributed by atoms with Gasteiger partial charge in [-0.05, 0) is 6.92 Å². The second kappa shape index (κ2) is 3.76. The van der Waals surface area contributed by atoms with Gasteiger partial charge in [-0.3, -0.25) is 0 Å². The molecule has 0 aromatic rings. The summed E-state index contributed by atoms with van der Waals surface area (Å²) in [6.45, 7) is 3.27. The standard InChI is InChI=1S/C6H7FO3/c1-4(2)6(9)10-5(8)3-7/h1,3H2,2H3. The fourth-order valence-corrected chi connectivity index (χ4v) is 0.218. The molecule has 0 radical (unpaired) electrons. The van der Waals surface area contributed by atoms with Crippen molar-refractivity contribution in [3.63, 3.8) is 0 Å². The number of carbonyl (C=O) groups is 2. The van der Waals surface area contributed by atoms with Gasteiger partial charge in [0.2, 0.25) is 0 Å². The van der Waals surface area contributed by atoms with Gasteiger partial charge in [-0.2, -0.15) is 0 Å². The smallest absolute Gasteiger partial charge is 0.345 e. The first-order valence-corrected chi connectivity index (χ1v) is 2.54. The number of esters is 2. The van der Waals surface area contributed by atoms with Crippen molar-refractivity contribution in [3.8, 4) is 0 Å². The van der Waals surface area contributed by atoms with Gasteiger partial charge in [0.25, 0.3) is 0 Å². The third kappa shape index (κ3) is 2.96. The van der Waals surface area contributed by atoms with E-state index in [9.17, 15) is 14.0 Å². The monoisotopic (exact) mass is 146 g/mol. The lowest BCUT2D eigenvalue weighted by atomic mass is 10.4. The number of rotatable bonds is 2. The zero-order valence-electron chi connectivity index (χ0n) is 5.52. The zero-order chi connectivity index (χ0) is 8.15. The lowest BCUT2D eigenvalue weighted by Crippen LogP contribution is -2.13. The van der Waals surface area contributed by atoms with Crippen molar-refractivity contribution in [1.82, 2.24) is 0 Å². The van der Waals surface area contributed by atoms with E-state index in [4.69, 9.17) is 0 Å². The van der Waals surface area contributed by atoms with Crippen molar-refractivity contribution >= 4 is 11.9 Å². The third-order valence-electron chi connectivity index (χ3n) is 0.664. The molecule has 0 fully saturated rings. The van der Waals surface area contributed by atoms with Gasteiger partial charge >= 0.3 is 11.9 Å². The molecule has 56 valence electrons. The van der Waals surface area contributed by atoms with Gasteiger partial charge in [0.15, 0.2) is 6.67 Å². The number of ether oxygens (including phenoxy) is 1. The maximum Gasteiger partial charge on any atom is 0.345 e. The van der Waals surface area contributed by atoms with Crippen LogP contribution in [-0.4, -0.2) is 18.6 Å². The van der Waals surface area contributed by atoms with Crippen LogP contribution in [0.1, 0.15) is 6.92 Å². The first-order chi connectivity index (χ1) is 4.57. The highest BCUT2D eigenvalue weighted by molar-refractivity contribution is 5.95. The summed E-state index contributed by atoms with van der Waals surface area (Å²) in [4.78, 5) is 20.5. The molecule has 3 nitrogen and oxygen atoms in total. The van der Waals surface area contributed by atoms with E-state index in [0.717, 1.165) is 0 Å². The highest BCUT2D eigenvalue weighted by Crippen LogP contribution is 1.92. The fraction of sp³-hybridized carbons (Fsp3) is 0.333. The van der Waals surface area contributed by atoms with Crippen molar-refractivity contribution in [2.24, 2.45) is 0 Å². The summed E-state index contributed by atoms with van der Waals surface area (Å²) in [6.07, 6.45) is 0. The minimum Gasteiger partial charge on any atom is -0.388 e. The summed E-state index contributed by atoms with van der Waals surface area (Å²) in [7, 11) is 0. The van der Waals surface area contributed by atoms with Crippen LogP contribution in [0.2, 0.25) is 0 Å². The van der Waals surface area contributed by atoms with Crippen LogP contribution in [-0.2, 0) is 14.3 Å². The molecule has 0 aliphatic heterocycles. The largest absolute Gasteiger partial charge is 0.388 e. The number of hydrogen-bond acceptors (Lipinski definition) is 3. The van der Waals surface area contributed by atoms with Crippen LogP contribution in [0.25, 0.3) is 0 Å². The topological polar surface area (TPSA) is 43.4 Å². The van der Waals surface area contributed by atoms with Crippen LogP contribution in [0.5, 0.6) is 0 Å². The van der Waals surface area contributed by atoms with Gasteiger partial charge in [0.05, 0.1) is 0 Å². The third-order valence-corrected chi connectivity index (χ3v) is 0.664. The van der Waals surface area contributed by atoms with E-state index >= 15 is 0 Å². The van der Waals surface area contributed by atoms with Crippen LogP contribution in [0.3, 0.4) is 0 Å². The number of hydrogen-bond donors (Lipinski definition) is 0. The number of halogens is 1. The highest BCUT2D eigenvalue weighted by atomic mass is 19.1. The molecule has 0 aromatic heterocycles. The van der Waals surface area contributed by atoms with Crippen molar-refractivity contribution < 1.29 is 18.7 Å². The van der Waals surface area contributed by atoms with E-state index < -0.39 is 18.6 Å². The van der Waals surface area contributed by atoms with E-state index in [-0.39, 0.29) is 5.57 Å². The van der Waals surface area contributed by atoms with Gasteiger partial charge in [-0.25, -0.2) is 14.0 Å². The lowest BCUT2D eigenvalue weighted by Gasteiger charge is -1.96. The van der Waals surface area contributed by atoms with Crippen molar-refractivity contribution in [1.29, 1.82) is 0 Å². The minimum absolute atomic E-state index is 0.0711. The highest BCUT2D eigenvalue weighted by Gasteiger charge is 2.09. The fourth-order valence-electron chi connectivity index (χ4n) is 0.218. The first-order valence-electron chi connectivity index (χ1n) is 2.54. The van der Waals surface area contributed by atoms with Crippen LogP contribution in [0.15, 0.2) is 12.2 Å². The molecule has 0 spiro atoms. The van der Waals surface area contributed by atoms with Gasteiger partial charge < -0.3 is 4.74 Å². The Bertz CT molecular complexity index is 174. The maximum atomic E-state index is 11.4. The maximum absolute atomic E-state index is 11.4. The Kier molecular flexibility index (Phi) is 3.32. The average molecular weight is 146 g/mol. The average Bonchev–Trinajstić information content (AvgIpc) is 1.87. The first kappa shape index (κ1) is 8.81. The SMILES string of the molecule is C=C(C)C(=O)OC(=O)CF. The molecule has 4 heteroatoms. The Morgan fingerprint density at radius 3 is 2.40 bits per heavy atom. The molecule has 0 amide bonds. The van der Waals surface area contributed by atoms with Gasteiger partial charge in [0, 0.05) is 5.57 Å². The molecule has 0 unspecified atom stereocenters. The van der Waals surface area contributed by atoms with E-state index in [0.29, 0.717) is 0 Å². The second-order valence-electron chi connectivity index (χ2n) is 1.68. The van der Waals surface area contributed by atoms with E-state index in [1.165, 1.54) is 6.92 Å². The van der Waals surface area contributed by atoms with E-state index in [1.54, 1.807) is 0 Å². The van der Waals surface area contributed by atoms with Gasteiger partial charge in [0.1, 0.15) is 0 Å². The Morgan fingerprint density at radius 1 is 1.60 bits per heavy atom. The van der Waals surface area contributed by atoms with Crippen LogP contribution in [0.4, 0.5) is 4.39 Å². The molecule has 0 saturated heterocycles. The summed E-state index contributed by atoms with van der Waals surface area (Å²) in [5, 5.41) is 0. The van der Waals surface area contributed by atoms with Gasteiger partial charge in [-0.1, -0.05) is 6.58 Å². The molecule has 0 aliphatic carbocycles. The predicted molar refractivity (Wildman–Crippen MR) is 31.9 cm³/mol. The molecule has 0 aliphatic rings. The normalized spacial score (nSPS) is 8.60. The molecule has 0 rings (SSSR count). The van der Waals surface area contributed by atoms with Crippen molar-refractivity contribution in [3.05, 3.63) is 12.2 Å². The zero-order valence-corrected chi connectivity index (χ0v) is 5.52. The van der Waals surface area contributed by atoms with Crippen LogP contribution < -0.4 is 0 Å². The Morgan fingerprint density at radius 2 is 2.10 bits per heavy atom. The molecule has 0 aromatic carbocycles. The molecule has 0 bridgehead atoms.